The van der Waals surface area contributed by atoms with Gasteiger partial charge in [0.2, 0.25) is 18.2 Å². The first-order valence-corrected chi connectivity index (χ1v) is 21.6. The quantitative estimate of drug-likeness (QED) is 0.0993. The van der Waals surface area contributed by atoms with Crippen LogP contribution in [0, 0.1) is 28.9 Å². The summed E-state index contributed by atoms with van der Waals surface area (Å²) in [5, 5.41) is 23.4. The zero-order valence-corrected chi connectivity index (χ0v) is 34.7. The Hall–Kier alpha value is -5.26. The lowest BCUT2D eigenvalue weighted by atomic mass is 9.87. The van der Waals surface area contributed by atoms with Gasteiger partial charge in [0.1, 0.15) is 35.1 Å². The SMILES string of the molecule is CC(C)(CC(=O)CCCCc1nc2cc3c(cc2n1C1CCC1)C1CC1CC(F)O3)OC1CC(n2c(NC(=O)CC(C)(O)c3cccc(F)c3)nc3cc(F)c(C#N)cc32)C1. The number of aliphatic hydroxyl groups is 1. The van der Waals surface area contributed by atoms with E-state index in [2.05, 4.69) is 20.9 Å². The molecule has 2 N–H and O–H groups in total. The van der Waals surface area contributed by atoms with E-state index in [-0.39, 0.29) is 46.9 Å². The maximum atomic E-state index is 14.7. The number of ether oxygens (including phenoxy) is 2. The number of rotatable bonds is 15. The molecule has 3 heterocycles. The first-order chi connectivity index (χ1) is 29.1. The molecule has 1 aliphatic heterocycles. The van der Waals surface area contributed by atoms with Crippen molar-refractivity contribution in [3.63, 3.8) is 0 Å². The number of nitrogens with one attached hydrogen (secondary N) is 1. The first kappa shape index (κ1) is 41.1. The summed E-state index contributed by atoms with van der Waals surface area (Å²) in [7, 11) is 0. The van der Waals surface area contributed by atoms with Gasteiger partial charge in [0.05, 0.1) is 51.4 Å². The highest BCUT2D eigenvalue weighted by atomic mass is 19.1. The number of carbonyl (C=O) groups is 2. The van der Waals surface area contributed by atoms with Gasteiger partial charge in [0, 0.05) is 49.9 Å². The number of hydrogen-bond donors (Lipinski definition) is 2. The Balaban J connectivity index is 0.807. The number of Topliss-reactive ketones (excluding diaryl/α,β-unsaturated/α-hetero) is 1. The van der Waals surface area contributed by atoms with E-state index in [9.17, 15) is 33.1 Å². The number of alkyl halides is 1. The van der Waals surface area contributed by atoms with Gasteiger partial charge in [0.15, 0.2) is 0 Å². The fraction of sp³-hybridized carbons (Fsp3) is 0.511. The van der Waals surface area contributed by atoms with Gasteiger partial charge in [-0.2, -0.15) is 5.26 Å². The van der Waals surface area contributed by atoms with E-state index in [1.165, 1.54) is 43.7 Å². The molecule has 11 nitrogen and oxygen atoms in total. The van der Waals surface area contributed by atoms with Crippen LogP contribution in [0.25, 0.3) is 22.1 Å². The minimum atomic E-state index is -1.69. The van der Waals surface area contributed by atoms with Crippen molar-refractivity contribution in [1.29, 1.82) is 5.26 Å². The Bertz CT molecular complexity index is 2570. The van der Waals surface area contributed by atoms with Crippen molar-refractivity contribution in [2.45, 2.75) is 146 Å². The molecule has 3 saturated carbocycles. The molecule has 320 valence electrons. The molecule has 3 aliphatic carbocycles. The van der Waals surface area contributed by atoms with E-state index < -0.39 is 41.5 Å². The number of aromatic nitrogens is 4. The number of hydrogen-bond acceptors (Lipinski definition) is 8. The fourth-order valence-electron chi connectivity index (χ4n) is 9.69. The second-order valence-corrected chi connectivity index (χ2v) is 18.5. The van der Waals surface area contributed by atoms with Crippen LogP contribution in [0.3, 0.4) is 0 Å². The van der Waals surface area contributed by atoms with Gasteiger partial charge >= 0.3 is 0 Å². The number of anilines is 1. The van der Waals surface area contributed by atoms with E-state index in [0.29, 0.717) is 61.2 Å². The zero-order valence-electron chi connectivity index (χ0n) is 34.7. The van der Waals surface area contributed by atoms with Crippen LogP contribution < -0.4 is 10.1 Å². The summed E-state index contributed by atoms with van der Waals surface area (Å²) in [5.74, 6) is 0.720. The predicted molar refractivity (Wildman–Crippen MR) is 222 cm³/mol. The number of unbranched alkanes of at least 4 members (excludes halogenated alkanes) is 1. The summed E-state index contributed by atoms with van der Waals surface area (Å²) in [4.78, 5) is 36.1. The van der Waals surface area contributed by atoms with Crippen molar-refractivity contribution < 1.29 is 37.3 Å². The van der Waals surface area contributed by atoms with E-state index in [4.69, 9.17) is 14.5 Å². The van der Waals surface area contributed by atoms with Crippen LogP contribution in [0.15, 0.2) is 48.5 Å². The van der Waals surface area contributed by atoms with Crippen molar-refractivity contribution in [1.82, 2.24) is 19.1 Å². The van der Waals surface area contributed by atoms with Gasteiger partial charge in [-0.3, -0.25) is 14.9 Å². The van der Waals surface area contributed by atoms with Crippen LogP contribution in [0.4, 0.5) is 19.1 Å². The fourth-order valence-corrected chi connectivity index (χ4v) is 9.69. The smallest absolute Gasteiger partial charge is 0.238 e. The number of nitrogens with zero attached hydrogens (tertiary/aromatic N) is 5. The Kier molecular flexibility index (Phi) is 10.7. The molecule has 3 aromatic carbocycles. The van der Waals surface area contributed by atoms with Crippen molar-refractivity contribution in [3.05, 3.63) is 82.7 Å². The molecular weight excluding hydrogens is 786 g/mol. The first-order valence-electron chi connectivity index (χ1n) is 21.6. The second kappa shape index (κ2) is 15.9. The minimum absolute atomic E-state index is 0.111. The number of amides is 1. The molecule has 5 aromatic rings. The lowest BCUT2D eigenvalue weighted by Crippen LogP contribution is -2.41. The van der Waals surface area contributed by atoms with E-state index in [1.54, 1.807) is 4.57 Å². The van der Waals surface area contributed by atoms with Crippen molar-refractivity contribution in [2.24, 2.45) is 5.92 Å². The standard InChI is InChI=1S/C47H51F3N6O5/c1-46(2,23-32(57)12-4-5-13-43-52-38-22-41-35(34-14-26(34)16-42(50)60-41)20-40(38)55(43)30-10-7-11-30)61-33-18-31(19-33)56-39-15-27(25-51)36(49)21-37(39)53-45(56)54-44(58)24-47(3,59)28-8-6-9-29(48)17-28/h6,8-9,15,17,20-22,26,30-31,33-34,42,59H,4-5,7,10-14,16,18-19,23-24H2,1-3H3,(H,53,54,58). The van der Waals surface area contributed by atoms with E-state index in [1.807, 2.05) is 26.0 Å². The minimum Gasteiger partial charge on any atom is -0.460 e. The van der Waals surface area contributed by atoms with Crippen LogP contribution >= 0.6 is 0 Å². The van der Waals surface area contributed by atoms with Gasteiger partial charge in [-0.15, -0.1) is 0 Å². The van der Waals surface area contributed by atoms with Crippen LogP contribution in [-0.2, 0) is 26.3 Å². The molecule has 9 rings (SSSR count). The van der Waals surface area contributed by atoms with Gasteiger partial charge in [-0.1, -0.05) is 12.1 Å². The molecule has 61 heavy (non-hydrogen) atoms. The zero-order chi connectivity index (χ0) is 42.8. The second-order valence-electron chi connectivity index (χ2n) is 18.5. The van der Waals surface area contributed by atoms with E-state index in [0.717, 1.165) is 60.6 Å². The summed E-state index contributed by atoms with van der Waals surface area (Å²) in [5.41, 5.74) is 1.41. The van der Waals surface area contributed by atoms with E-state index >= 15 is 0 Å². The van der Waals surface area contributed by atoms with Crippen LogP contribution in [-0.4, -0.2) is 54.0 Å². The number of imidazole rings is 2. The van der Waals surface area contributed by atoms with Crippen LogP contribution in [0.1, 0.15) is 138 Å². The molecule has 0 spiro atoms. The summed E-state index contributed by atoms with van der Waals surface area (Å²) in [6.45, 7) is 5.23. The summed E-state index contributed by atoms with van der Waals surface area (Å²) < 4.78 is 59.4. The highest BCUT2D eigenvalue weighted by Gasteiger charge is 2.45. The molecule has 4 aliphatic rings. The highest BCUT2D eigenvalue weighted by Crippen LogP contribution is 2.56. The topological polar surface area (TPSA) is 144 Å². The molecule has 2 aromatic heterocycles. The third kappa shape index (κ3) is 8.39. The molecule has 4 atom stereocenters. The number of halogens is 3. The van der Waals surface area contributed by atoms with Gasteiger partial charge in [-0.05, 0) is 119 Å². The Morgan fingerprint density at radius 3 is 2.48 bits per heavy atom. The van der Waals surface area contributed by atoms with Crippen molar-refractivity contribution >= 4 is 39.7 Å². The molecule has 0 radical (unpaired) electrons. The highest BCUT2D eigenvalue weighted by molar-refractivity contribution is 5.92. The summed E-state index contributed by atoms with van der Waals surface area (Å²) in [6.07, 6.45) is 6.93. The molecule has 14 heteroatoms. The van der Waals surface area contributed by atoms with Gasteiger partial charge in [0.25, 0.3) is 0 Å². The van der Waals surface area contributed by atoms with Gasteiger partial charge < -0.3 is 23.7 Å². The third-order valence-electron chi connectivity index (χ3n) is 13.1. The number of nitriles is 1. The Morgan fingerprint density at radius 1 is 0.967 bits per heavy atom. The Labute approximate surface area is 352 Å². The van der Waals surface area contributed by atoms with Crippen LogP contribution in [0.2, 0.25) is 0 Å². The number of fused-ring (bicyclic) bond motifs is 5. The molecule has 3 fully saturated rings. The largest absolute Gasteiger partial charge is 0.460 e. The summed E-state index contributed by atoms with van der Waals surface area (Å²) >= 11 is 0. The normalized spacial score (nSPS) is 23.1. The number of aryl methyl sites for hydroxylation is 1. The number of carbonyl (C=O) groups excluding carboxylic acids is 2. The number of benzene rings is 3. The lowest BCUT2D eigenvalue weighted by molar-refractivity contribution is -0.139. The number of ketones is 1. The molecule has 1 amide bonds. The average Bonchev–Trinajstić information content (AvgIpc) is 3.74. The molecule has 0 bridgehead atoms. The maximum absolute atomic E-state index is 14.7. The third-order valence-corrected chi connectivity index (χ3v) is 13.1. The van der Waals surface area contributed by atoms with Crippen molar-refractivity contribution in [2.75, 3.05) is 5.32 Å². The monoisotopic (exact) mass is 836 g/mol. The molecule has 4 unspecified atom stereocenters. The predicted octanol–water partition coefficient (Wildman–Crippen LogP) is 9.55. The van der Waals surface area contributed by atoms with Gasteiger partial charge in [-0.25, -0.2) is 23.1 Å². The maximum Gasteiger partial charge on any atom is 0.238 e. The Morgan fingerprint density at radius 2 is 1.74 bits per heavy atom. The van der Waals surface area contributed by atoms with Crippen LogP contribution in [0.5, 0.6) is 5.75 Å². The lowest BCUT2D eigenvalue weighted by Gasteiger charge is -2.41. The van der Waals surface area contributed by atoms with Crippen molar-refractivity contribution in [3.8, 4) is 11.8 Å². The summed E-state index contributed by atoms with van der Waals surface area (Å²) in [6, 6.07) is 14.1. The molecule has 0 saturated heterocycles. The average molecular weight is 837 g/mol. The molecular formula is C47H51F3N6O5.